The fourth-order valence-corrected chi connectivity index (χ4v) is 2.52. The molecular weight excluding hydrogens is 305 g/mol. The van der Waals surface area contributed by atoms with Gasteiger partial charge in [0.25, 0.3) is 0 Å². The molecule has 1 N–H and O–H groups in total. The minimum atomic E-state index is -0.580. The molecule has 0 unspecified atom stereocenters. The topological polar surface area (TPSA) is 23.5 Å². The van der Waals surface area contributed by atoms with E-state index in [1.54, 1.807) is 12.1 Å². The molecule has 0 aliphatic rings. The summed E-state index contributed by atoms with van der Waals surface area (Å²) in [7, 11) is 0. The third-order valence-corrected chi connectivity index (χ3v) is 4.19. The Morgan fingerprint density at radius 2 is 1.76 bits per heavy atom. The molecule has 112 valence electrons. The van der Waals surface area contributed by atoms with Crippen molar-refractivity contribution in [3.8, 4) is 0 Å². The second-order valence-electron chi connectivity index (χ2n) is 5.00. The van der Waals surface area contributed by atoms with Crippen molar-refractivity contribution in [3.63, 3.8) is 0 Å². The molecule has 0 saturated heterocycles. The Balaban J connectivity index is 2.02. The molecule has 2 rings (SSSR count). The van der Waals surface area contributed by atoms with Crippen molar-refractivity contribution >= 4 is 23.2 Å². The van der Waals surface area contributed by atoms with Gasteiger partial charge in [0.15, 0.2) is 0 Å². The van der Waals surface area contributed by atoms with E-state index in [2.05, 4.69) is 24.0 Å². The average molecular weight is 324 g/mol. The van der Waals surface area contributed by atoms with Crippen LogP contribution in [0.15, 0.2) is 48.5 Å². The fraction of sp³-hybridized carbons (Fsp3) is 0.294. The van der Waals surface area contributed by atoms with Crippen molar-refractivity contribution in [1.82, 2.24) is 4.90 Å². The summed E-state index contributed by atoms with van der Waals surface area (Å²) in [4.78, 5) is 2.20. The average Bonchev–Trinajstić information content (AvgIpc) is 2.50. The predicted octanol–water partition coefficient (Wildman–Crippen LogP) is 4.55. The predicted molar refractivity (Wildman–Crippen MR) is 88.8 cm³/mol. The molecule has 0 saturated carbocycles. The second-order valence-corrected chi connectivity index (χ2v) is 5.82. The largest absolute Gasteiger partial charge is 0.387 e. The Bertz CT molecular complexity index is 574. The zero-order valence-corrected chi connectivity index (χ0v) is 13.5. The smallest absolute Gasteiger partial charge is 0.0917 e. The van der Waals surface area contributed by atoms with Gasteiger partial charge >= 0.3 is 0 Å². The van der Waals surface area contributed by atoms with E-state index < -0.39 is 6.10 Å². The van der Waals surface area contributed by atoms with Crippen LogP contribution in [0.2, 0.25) is 10.0 Å². The van der Waals surface area contributed by atoms with Crippen molar-refractivity contribution in [2.24, 2.45) is 0 Å². The van der Waals surface area contributed by atoms with Crippen molar-refractivity contribution in [2.75, 3.05) is 13.1 Å². The molecule has 4 heteroatoms. The lowest BCUT2D eigenvalue weighted by Gasteiger charge is -2.24. The molecule has 2 aromatic carbocycles. The van der Waals surface area contributed by atoms with Gasteiger partial charge in [0.1, 0.15) is 0 Å². The maximum absolute atomic E-state index is 10.4. The lowest BCUT2D eigenvalue weighted by atomic mass is 10.1. The zero-order valence-electron chi connectivity index (χ0n) is 12.0. The minimum Gasteiger partial charge on any atom is -0.387 e. The summed E-state index contributed by atoms with van der Waals surface area (Å²) >= 11 is 11.9. The van der Waals surface area contributed by atoms with Crippen molar-refractivity contribution in [2.45, 2.75) is 19.6 Å². The highest BCUT2D eigenvalue weighted by Crippen LogP contribution is 2.26. The van der Waals surface area contributed by atoms with Gasteiger partial charge in [0.2, 0.25) is 0 Å². The first-order chi connectivity index (χ1) is 10.1. The van der Waals surface area contributed by atoms with Crippen LogP contribution in [0.5, 0.6) is 0 Å². The van der Waals surface area contributed by atoms with E-state index in [1.165, 1.54) is 5.56 Å². The lowest BCUT2D eigenvalue weighted by molar-refractivity contribution is 0.112. The van der Waals surface area contributed by atoms with E-state index in [-0.39, 0.29) is 0 Å². The third-order valence-electron chi connectivity index (χ3n) is 3.46. The standard InChI is InChI=1S/C17H19Cl2NO/c1-2-20(11-13-6-4-3-5-7-13)12-17(21)14-8-9-15(18)16(19)10-14/h3-10,17,21H,2,11-12H2,1H3/t17-/m0/s1. The Labute approximate surface area is 135 Å². The van der Waals surface area contributed by atoms with E-state index in [1.807, 2.05) is 24.3 Å². The van der Waals surface area contributed by atoms with Gasteiger partial charge < -0.3 is 5.11 Å². The van der Waals surface area contributed by atoms with Gasteiger partial charge in [-0.2, -0.15) is 0 Å². The number of hydrogen-bond acceptors (Lipinski definition) is 2. The van der Waals surface area contributed by atoms with Crippen LogP contribution in [-0.2, 0) is 6.54 Å². The number of aliphatic hydroxyl groups is 1. The number of hydrogen-bond donors (Lipinski definition) is 1. The Morgan fingerprint density at radius 3 is 2.38 bits per heavy atom. The summed E-state index contributed by atoms with van der Waals surface area (Å²) in [5.41, 5.74) is 2.02. The molecule has 21 heavy (non-hydrogen) atoms. The first-order valence-electron chi connectivity index (χ1n) is 6.99. The van der Waals surface area contributed by atoms with Gasteiger partial charge in [0.05, 0.1) is 16.1 Å². The summed E-state index contributed by atoms with van der Waals surface area (Å²) in [5, 5.41) is 11.3. The molecule has 0 radical (unpaired) electrons. The number of benzene rings is 2. The van der Waals surface area contributed by atoms with Crippen LogP contribution in [0, 0.1) is 0 Å². The quantitative estimate of drug-likeness (QED) is 0.843. The maximum atomic E-state index is 10.4. The molecule has 0 heterocycles. The number of halogens is 2. The number of nitrogens with zero attached hydrogens (tertiary/aromatic N) is 1. The molecule has 0 spiro atoms. The summed E-state index contributed by atoms with van der Waals surface area (Å²) in [5.74, 6) is 0. The van der Waals surface area contributed by atoms with Gasteiger partial charge in [-0.3, -0.25) is 4.90 Å². The first kappa shape index (κ1) is 16.3. The normalized spacial score (nSPS) is 12.6. The highest BCUT2D eigenvalue weighted by molar-refractivity contribution is 6.42. The van der Waals surface area contributed by atoms with Crippen molar-refractivity contribution in [1.29, 1.82) is 0 Å². The van der Waals surface area contributed by atoms with E-state index in [4.69, 9.17) is 23.2 Å². The number of aliphatic hydroxyl groups excluding tert-OH is 1. The molecule has 0 aromatic heterocycles. The van der Waals surface area contributed by atoms with Gasteiger partial charge in [-0.1, -0.05) is 66.5 Å². The molecule has 2 nitrogen and oxygen atoms in total. The highest BCUT2D eigenvalue weighted by atomic mass is 35.5. The Hall–Kier alpha value is -1.06. The van der Waals surface area contributed by atoms with Crippen LogP contribution in [0.4, 0.5) is 0 Å². The van der Waals surface area contributed by atoms with E-state index >= 15 is 0 Å². The summed E-state index contributed by atoms with van der Waals surface area (Å²) in [6.45, 7) is 4.33. The maximum Gasteiger partial charge on any atom is 0.0917 e. The van der Waals surface area contributed by atoms with Crippen LogP contribution in [0.1, 0.15) is 24.2 Å². The van der Waals surface area contributed by atoms with Gasteiger partial charge in [-0.05, 0) is 29.8 Å². The molecule has 0 bridgehead atoms. The highest BCUT2D eigenvalue weighted by Gasteiger charge is 2.14. The van der Waals surface area contributed by atoms with Crippen LogP contribution < -0.4 is 0 Å². The SMILES string of the molecule is CCN(Cc1ccccc1)C[C@H](O)c1ccc(Cl)c(Cl)c1. The van der Waals surface area contributed by atoms with E-state index in [0.29, 0.717) is 16.6 Å². The third kappa shape index (κ3) is 4.72. The van der Waals surface area contributed by atoms with E-state index in [9.17, 15) is 5.11 Å². The summed E-state index contributed by atoms with van der Waals surface area (Å²) in [6, 6.07) is 15.5. The van der Waals surface area contributed by atoms with Gasteiger partial charge in [-0.15, -0.1) is 0 Å². The molecule has 0 amide bonds. The van der Waals surface area contributed by atoms with Crippen molar-refractivity contribution < 1.29 is 5.11 Å². The van der Waals surface area contributed by atoms with Crippen molar-refractivity contribution in [3.05, 3.63) is 69.7 Å². The molecule has 2 aromatic rings. The van der Waals surface area contributed by atoms with Crippen LogP contribution >= 0.6 is 23.2 Å². The lowest BCUT2D eigenvalue weighted by Crippen LogP contribution is -2.28. The second kappa shape index (κ2) is 7.81. The summed E-state index contributed by atoms with van der Waals surface area (Å²) < 4.78 is 0. The summed E-state index contributed by atoms with van der Waals surface area (Å²) in [6.07, 6.45) is -0.580. The first-order valence-corrected chi connectivity index (χ1v) is 7.75. The molecular formula is C17H19Cl2NO. The van der Waals surface area contributed by atoms with Crippen LogP contribution in [0.25, 0.3) is 0 Å². The molecule has 0 fully saturated rings. The molecule has 0 aliphatic heterocycles. The fourth-order valence-electron chi connectivity index (χ4n) is 2.22. The number of rotatable bonds is 6. The van der Waals surface area contributed by atoms with Crippen LogP contribution in [0.3, 0.4) is 0 Å². The zero-order chi connectivity index (χ0) is 15.2. The Morgan fingerprint density at radius 1 is 1.05 bits per heavy atom. The van der Waals surface area contributed by atoms with E-state index in [0.717, 1.165) is 18.7 Å². The number of likely N-dealkylation sites (N-methyl/N-ethyl adjacent to an activating group) is 1. The van der Waals surface area contributed by atoms with Crippen LogP contribution in [-0.4, -0.2) is 23.1 Å². The van der Waals surface area contributed by atoms with Gasteiger partial charge in [-0.25, -0.2) is 0 Å². The minimum absolute atomic E-state index is 0.472. The monoisotopic (exact) mass is 323 g/mol. The Kier molecular flexibility index (Phi) is 6.07. The molecule has 0 aliphatic carbocycles. The van der Waals surface area contributed by atoms with Gasteiger partial charge in [0, 0.05) is 13.1 Å². The molecule has 1 atom stereocenters.